The van der Waals surface area contributed by atoms with E-state index in [-0.39, 0.29) is 11.5 Å². The standard InChI is InChI=1S/C14H12N6O3/c1-8(23-14(22)9-4-2-3-5-15-9)13(21)20-12-10-11(17-6-16-10)18-7-19-12/h2-8H,1H3,(H2,16,17,18,19,20,21)/t8-/m1/s1. The minimum atomic E-state index is -1.02. The number of anilines is 1. The normalized spacial score (nSPS) is 11.9. The second-order valence-electron chi connectivity index (χ2n) is 4.58. The van der Waals surface area contributed by atoms with Crippen LogP contribution in [0.4, 0.5) is 5.82 Å². The summed E-state index contributed by atoms with van der Waals surface area (Å²) in [7, 11) is 0. The van der Waals surface area contributed by atoms with Crippen LogP contribution in [0.5, 0.6) is 0 Å². The van der Waals surface area contributed by atoms with Gasteiger partial charge in [0.05, 0.1) is 6.33 Å². The van der Waals surface area contributed by atoms with Crippen LogP contribution in [0.1, 0.15) is 17.4 Å². The molecule has 0 aliphatic rings. The van der Waals surface area contributed by atoms with Gasteiger partial charge in [-0.15, -0.1) is 0 Å². The van der Waals surface area contributed by atoms with Gasteiger partial charge in [-0.05, 0) is 19.1 Å². The number of nitrogens with zero attached hydrogens (tertiary/aromatic N) is 4. The van der Waals surface area contributed by atoms with Crippen molar-refractivity contribution in [1.82, 2.24) is 24.9 Å². The quantitative estimate of drug-likeness (QED) is 0.687. The van der Waals surface area contributed by atoms with Crippen LogP contribution in [0.25, 0.3) is 11.2 Å². The van der Waals surface area contributed by atoms with E-state index in [0.717, 1.165) is 0 Å². The van der Waals surface area contributed by atoms with Gasteiger partial charge in [0.1, 0.15) is 17.5 Å². The zero-order valence-corrected chi connectivity index (χ0v) is 12.1. The number of pyridine rings is 1. The first-order valence-corrected chi connectivity index (χ1v) is 6.72. The number of carbonyl (C=O) groups excluding carboxylic acids is 2. The third-order valence-corrected chi connectivity index (χ3v) is 2.99. The van der Waals surface area contributed by atoms with Crippen LogP contribution >= 0.6 is 0 Å². The van der Waals surface area contributed by atoms with Crippen molar-refractivity contribution in [2.24, 2.45) is 0 Å². The van der Waals surface area contributed by atoms with Crippen LogP contribution in [0.15, 0.2) is 37.1 Å². The molecule has 0 fully saturated rings. The highest BCUT2D eigenvalue weighted by Crippen LogP contribution is 2.15. The van der Waals surface area contributed by atoms with Crippen LogP contribution in [0.2, 0.25) is 0 Å². The maximum atomic E-state index is 12.1. The third kappa shape index (κ3) is 3.12. The van der Waals surface area contributed by atoms with Crippen LogP contribution in [0, 0.1) is 0 Å². The van der Waals surface area contributed by atoms with Crippen molar-refractivity contribution in [3.63, 3.8) is 0 Å². The first-order chi connectivity index (χ1) is 11.1. The molecule has 1 amide bonds. The van der Waals surface area contributed by atoms with Crippen LogP contribution < -0.4 is 5.32 Å². The summed E-state index contributed by atoms with van der Waals surface area (Å²) in [6.07, 6.45) is 3.18. The molecule has 23 heavy (non-hydrogen) atoms. The molecule has 9 heteroatoms. The summed E-state index contributed by atoms with van der Waals surface area (Å²) in [6, 6.07) is 4.84. The molecule has 0 bridgehead atoms. The van der Waals surface area contributed by atoms with E-state index in [0.29, 0.717) is 11.2 Å². The lowest BCUT2D eigenvalue weighted by Gasteiger charge is -2.12. The van der Waals surface area contributed by atoms with E-state index in [1.54, 1.807) is 12.1 Å². The third-order valence-electron chi connectivity index (χ3n) is 2.99. The molecule has 3 aromatic heterocycles. The lowest BCUT2D eigenvalue weighted by Crippen LogP contribution is -2.30. The summed E-state index contributed by atoms with van der Waals surface area (Å²) in [4.78, 5) is 42.6. The highest BCUT2D eigenvalue weighted by atomic mass is 16.5. The smallest absolute Gasteiger partial charge is 0.357 e. The Hall–Kier alpha value is -3.36. The van der Waals surface area contributed by atoms with Gasteiger partial charge in [-0.3, -0.25) is 4.79 Å². The molecule has 0 aromatic carbocycles. The first-order valence-electron chi connectivity index (χ1n) is 6.72. The number of hydrogen-bond acceptors (Lipinski definition) is 7. The zero-order valence-electron chi connectivity index (χ0n) is 12.1. The lowest BCUT2D eigenvalue weighted by molar-refractivity contribution is -0.123. The number of H-pyrrole nitrogens is 1. The molecular formula is C14H12N6O3. The van der Waals surface area contributed by atoms with Gasteiger partial charge < -0.3 is 15.0 Å². The summed E-state index contributed by atoms with van der Waals surface area (Å²) in [5.74, 6) is -0.940. The second-order valence-corrected chi connectivity index (χ2v) is 4.58. The molecule has 0 saturated carbocycles. The highest BCUT2D eigenvalue weighted by molar-refractivity contribution is 6.00. The summed E-state index contributed by atoms with van der Waals surface area (Å²) in [5.41, 5.74) is 1.04. The largest absolute Gasteiger partial charge is 0.448 e. The number of ether oxygens (including phenoxy) is 1. The average Bonchev–Trinajstić information content (AvgIpc) is 3.05. The molecule has 116 valence electrons. The van der Waals surface area contributed by atoms with E-state index in [1.807, 2.05) is 0 Å². The molecule has 0 radical (unpaired) electrons. The predicted molar refractivity (Wildman–Crippen MR) is 79.4 cm³/mol. The number of fused-ring (bicyclic) bond motifs is 1. The maximum absolute atomic E-state index is 12.1. The molecule has 9 nitrogen and oxygen atoms in total. The Labute approximate surface area is 130 Å². The van der Waals surface area contributed by atoms with Crippen LogP contribution in [-0.2, 0) is 9.53 Å². The van der Waals surface area contributed by atoms with Crippen molar-refractivity contribution < 1.29 is 14.3 Å². The number of amides is 1. The van der Waals surface area contributed by atoms with Gasteiger partial charge in [-0.1, -0.05) is 6.07 Å². The fourth-order valence-corrected chi connectivity index (χ4v) is 1.84. The van der Waals surface area contributed by atoms with Gasteiger partial charge in [0, 0.05) is 6.20 Å². The molecule has 3 heterocycles. The zero-order chi connectivity index (χ0) is 16.2. The molecule has 1 atom stereocenters. The van der Waals surface area contributed by atoms with E-state index in [9.17, 15) is 9.59 Å². The van der Waals surface area contributed by atoms with Gasteiger partial charge in [0.2, 0.25) is 0 Å². The van der Waals surface area contributed by atoms with Gasteiger partial charge in [0.15, 0.2) is 17.6 Å². The molecular weight excluding hydrogens is 300 g/mol. The van der Waals surface area contributed by atoms with Crippen molar-refractivity contribution in [2.45, 2.75) is 13.0 Å². The number of carbonyl (C=O) groups is 2. The summed E-state index contributed by atoms with van der Waals surface area (Å²) in [5, 5.41) is 2.57. The van der Waals surface area contributed by atoms with Crippen molar-refractivity contribution in [1.29, 1.82) is 0 Å². The molecule has 0 aliphatic heterocycles. The monoisotopic (exact) mass is 312 g/mol. The molecule has 0 saturated heterocycles. The number of imidazole rings is 1. The highest BCUT2D eigenvalue weighted by Gasteiger charge is 2.21. The fraction of sp³-hybridized carbons (Fsp3) is 0.143. The molecule has 2 N–H and O–H groups in total. The van der Waals surface area contributed by atoms with E-state index in [2.05, 4.69) is 30.2 Å². The molecule has 0 unspecified atom stereocenters. The maximum Gasteiger partial charge on any atom is 0.357 e. The Balaban J connectivity index is 1.68. The minimum Gasteiger partial charge on any atom is -0.448 e. The first kappa shape index (κ1) is 14.6. The molecule has 3 aromatic rings. The Bertz CT molecular complexity index is 848. The van der Waals surface area contributed by atoms with E-state index in [1.165, 1.54) is 31.8 Å². The predicted octanol–water partition coefficient (Wildman–Crippen LogP) is 0.932. The van der Waals surface area contributed by atoms with Crippen LogP contribution in [-0.4, -0.2) is 42.9 Å². The van der Waals surface area contributed by atoms with Crippen molar-refractivity contribution in [2.75, 3.05) is 5.32 Å². The summed E-state index contributed by atoms with van der Waals surface area (Å²) < 4.78 is 5.08. The van der Waals surface area contributed by atoms with Crippen LogP contribution in [0.3, 0.4) is 0 Å². The van der Waals surface area contributed by atoms with E-state index in [4.69, 9.17) is 4.74 Å². The Morgan fingerprint density at radius 2 is 2.09 bits per heavy atom. The Kier molecular flexibility index (Phi) is 3.91. The minimum absolute atomic E-state index is 0.130. The number of nitrogens with one attached hydrogen (secondary N) is 2. The number of aromatic amines is 1. The Morgan fingerprint density at radius 3 is 2.87 bits per heavy atom. The van der Waals surface area contributed by atoms with Gasteiger partial charge >= 0.3 is 5.97 Å². The molecule has 0 spiro atoms. The number of rotatable bonds is 4. The average molecular weight is 312 g/mol. The van der Waals surface area contributed by atoms with Crippen molar-refractivity contribution in [3.8, 4) is 0 Å². The SMILES string of the molecule is C[C@@H](OC(=O)c1ccccn1)C(=O)Nc1ncnc2nc[nH]c12. The summed E-state index contributed by atoms with van der Waals surface area (Å²) >= 11 is 0. The summed E-state index contributed by atoms with van der Waals surface area (Å²) in [6.45, 7) is 1.46. The van der Waals surface area contributed by atoms with Gasteiger partial charge in [-0.25, -0.2) is 24.7 Å². The van der Waals surface area contributed by atoms with Gasteiger partial charge in [0.25, 0.3) is 5.91 Å². The van der Waals surface area contributed by atoms with E-state index < -0.39 is 18.0 Å². The van der Waals surface area contributed by atoms with E-state index >= 15 is 0 Å². The van der Waals surface area contributed by atoms with Gasteiger partial charge in [-0.2, -0.15) is 0 Å². The topological polar surface area (TPSA) is 123 Å². The van der Waals surface area contributed by atoms with Crippen molar-refractivity contribution >= 4 is 28.9 Å². The fourth-order valence-electron chi connectivity index (χ4n) is 1.84. The Morgan fingerprint density at radius 1 is 1.22 bits per heavy atom. The molecule has 0 aliphatic carbocycles. The second kappa shape index (κ2) is 6.18. The molecule has 3 rings (SSSR count). The van der Waals surface area contributed by atoms with Crippen molar-refractivity contribution in [3.05, 3.63) is 42.7 Å². The lowest BCUT2D eigenvalue weighted by atomic mass is 10.3. The number of esters is 1. The number of hydrogen-bond donors (Lipinski definition) is 2. The number of aromatic nitrogens is 5.